The molecule has 0 spiro atoms. The van der Waals surface area contributed by atoms with E-state index < -0.39 is 0 Å². The number of aromatic nitrogens is 1. The van der Waals surface area contributed by atoms with E-state index in [1.807, 2.05) is 6.20 Å². The molecule has 1 aromatic heterocycles. The third kappa shape index (κ3) is 5.64. The molecule has 1 aromatic rings. The monoisotopic (exact) mass is 292 g/mol. The molecule has 1 heterocycles. The Labute approximate surface area is 130 Å². The topological polar surface area (TPSA) is 31.4 Å². The summed E-state index contributed by atoms with van der Waals surface area (Å²) >= 11 is 0. The van der Waals surface area contributed by atoms with E-state index in [0.29, 0.717) is 6.04 Å². The second-order valence-corrected chi connectivity index (χ2v) is 6.06. The highest BCUT2D eigenvalue weighted by Crippen LogP contribution is 2.20. The number of likely N-dealkylation sites (N-methyl/N-ethyl adjacent to an activating group) is 2. The van der Waals surface area contributed by atoms with E-state index in [1.54, 1.807) is 0 Å². The zero-order valence-corrected chi connectivity index (χ0v) is 14.6. The maximum absolute atomic E-state index is 4.72. The SMILES string of the molecule is CCCNCc1cnc(N(CC)C(C)CN(C)C)c(C)c1. The van der Waals surface area contributed by atoms with Gasteiger partial charge >= 0.3 is 0 Å². The molecule has 1 unspecified atom stereocenters. The van der Waals surface area contributed by atoms with Crippen molar-refractivity contribution in [3.63, 3.8) is 0 Å². The third-order valence-corrected chi connectivity index (χ3v) is 3.64. The van der Waals surface area contributed by atoms with Gasteiger partial charge in [0, 0.05) is 31.9 Å². The Kier molecular flexibility index (Phi) is 7.68. The highest BCUT2D eigenvalue weighted by Gasteiger charge is 2.16. The molecule has 1 atom stereocenters. The first-order valence-corrected chi connectivity index (χ1v) is 8.07. The maximum Gasteiger partial charge on any atom is 0.131 e. The van der Waals surface area contributed by atoms with Gasteiger partial charge in [-0.15, -0.1) is 0 Å². The molecule has 4 heteroatoms. The van der Waals surface area contributed by atoms with Gasteiger partial charge in [0.05, 0.1) is 0 Å². The fourth-order valence-electron chi connectivity index (χ4n) is 2.73. The van der Waals surface area contributed by atoms with Gasteiger partial charge in [0.2, 0.25) is 0 Å². The van der Waals surface area contributed by atoms with Crippen LogP contribution in [0, 0.1) is 6.92 Å². The van der Waals surface area contributed by atoms with Gasteiger partial charge in [-0.1, -0.05) is 6.92 Å². The molecule has 0 bridgehead atoms. The van der Waals surface area contributed by atoms with Crippen molar-refractivity contribution < 1.29 is 0 Å². The van der Waals surface area contributed by atoms with E-state index in [0.717, 1.165) is 38.4 Å². The summed E-state index contributed by atoms with van der Waals surface area (Å²) in [6, 6.07) is 2.72. The van der Waals surface area contributed by atoms with Crippen molar-refractivity contribution in [2.24, 2.45) is 0 Å². The van der Waals surface area contributed by atoms with Gasteiger partial charge in [-0.3, -0.25) is 0 Å². The average molecular weight is 292 g/mol. The minimum absolute atomic E-state index is 0.459. The van der Waals surface area contributed by atoms with Crippen LogP contribution in [0.25, 0.3) is 0 Å². The lowest BCUT2D eigenvalue weighted by atomic mass is 10.1. The summed E-state index contributed by atoms with van der Waals surface area (Å²) in [5.41, 5.74) is 2.53. The highest BCUT2D eigenvalue weighted by atomic mass is 15.2. The zero-order chi connectivity index (χ0) is 15.8. The molecule has 1 rings (SSSR count). The van der Waals surface area contributed by atoms with E-state index in [1.165, 1.54) is 11.1 Å². The summed E-state index contributed by atoms with van der Waals surface area (Å²) < 4.78 is 0. The van der Waals surface area contributed by atoms with Crippen molar-refractivity contribution in [1.29, 1.82) is 0 Å². The summed E-state index contributed by atoms with van der Waals surface area (Å²) in [5.74, 6) is 1.12. The Bertz CT molecular complexity index is 417. The molecule has 0 aromatic carbocycles. The lowest BCUT2D eigenvalue weighted by Crippen LogP contribution is -2.41. The van der Waals surface area contributed by atoms with Gasteiger partial charge in [-0.25, -0.2) is 4.98 Å². The van der Waals surface area contributed by atoms with E-state index >= 15 is 0 Å². The van der Waals surface area contributed by atoms with Crippen molar-refractivity contribution in [2.75, 3.05) is 38.6 Å². The first-order valence-electron chi connectivity index (χ1n) is 8.07. The fourth-order valence-corrected chi connectivity index (χ4v) is 2.73. The van der Waals surface area contributed by atoms with Gasteiger partial charge in [0.15, 0.2) is 0 Å². The number of anilines is 1. The van der Waals surface area contributed by atoms with Crippen LogP contribution in [0.3, 0.4) is 0 Å². The van der Waals surface area contributed by atoms with Crippen molar-refractivity contribution in [2.45, 2.75) is 46.7 Å². The van der Waals surface area contributed by atoms with E-state index in [4.69, 9.17) is 4.98 Å². The normalized spacial score (nSPS) is 12.7. The summed E-state index contributed by atoms with van der Waals surface area (Å²) in [6.45, 7) is 12.8. The Hall–Kier alpha value is -1.13. The van der Waals surface area contributed by atoms with E-state index in [2.05, 4.69) is 63.0 Å². The smallest absolute Gasteiger partial charge is 0.131 e. The zero-order valence-electron chi connectivity index (χ0n) is 14.6. The lowest BCUT2D eigenvalue weighted by molar-refractivity contribution is 0.372. The minimum atomic E-state index is 0.459. The number of aryl methyl sites for hydroxylation is 1. The summed E-state index contributed by atoms with van der Waals surface area (Å²) in [5, 5.41) is 3.43. The van der Waals surface area contributed by atoms with Gasteiger partial charge in [-0.2, -0.15) is 0 Å². The predicted molar refractivity (Wildman–Crippen MR) is 92.0 cm³/mol. The number of hydrogen-bond donors (Lipinski definition) is 1. The Balaban J connectivity index is 2.81. The largest absolute Gasteiger partial charge is 0.353 e. The van der Waals surface area contributed by atoms with Crippen LogP contribution in [-0.2, 0) is 6.54 Å². The van der Waals surface area contributed by atoms with Crippen LogP contribution in [0.2, 0.25) is 0 Å². The number of pyridine rings is 1. The minimum Gasteiger partial charge on any atom is -0.353 e. The van der Waals surface area contributed by atoms with Crippen molar-refractivity contribution in [1.82, 2.24) is 15.2 Å². The molecule has 0 radical (unpaired) electrons. The molecule has 4 nitrogen and oxygen atoms in total. The molecule has 0 amide bonds. The van der Waals surface area contributed by atoms with Crippen LogP contribution in [0.15, 0.2) is 12.3 Å². The summed E-state index contributed by atoms with van der Waals surface area (Å²) in [6.07, 6.45) is 3.17. The molecule has 120 valence electrons. The summed E-state index contributed by atoms with van der Waals surface area (Å²) in [4.78, 5) is 9.34. The van der Waals surface area contributed by atoms with Crippen LogP contribution >= 0.6 is 0 Å². The molecule has 0 aliphatic heterocycles. The average Bonchev–Trinajstić information content (AvgIpc) is 2.41. The van der Waals surface area contributed by atoms with Gasteiger partial charge < -0.3 is 15.1 Å². The molecule has 0 saturated carbocycles. The molecule has 0 aliphatic carbocycles. The second kappa shape index (κ2) is 9.00. The van der Waals surface area contributed by atoms with E-state index in [-0.39, 0.29) is 0 Å². The Morgan fingerprint density at radius 3 is 2.52 bits per heavy atom. The van der Waals surface area contributed by atoms with Crippen molar-refractivity contribution in [3.05, 3.63) is 23.4 Å². The Morgan fingerprint density at radius 1 is 1.29 bits per heavy atom. The first-order chi connectivity index (χ1) is 9.99. The molecule has 1 N–H and O–H groups in total. The molecule has 0 saturated heterocycles. The molecule has 0 fully saturated rings. The fraction of sp³-hybridized carbons (Fsp3) is 0.706. The van der Waals surface area contributed by atoms with Crippen LogP contribution in [0.4, 0.5) is 5.82 Å². The van der Waals surface area contributed by atoms with Crippen LogP contribution in [-0.4, -0.2) is 49.7 Å². The second-order valence-electron chi connectivity index (χ2n) is 6.06. The van der Waals surface area contributed by atoms with Gasteiger partial charge in [-0.05, 0) is 65.0 Å². The van der Waals surface area contributed by atoms with Crippen molar-refractivity contribution >= 4 is 5.82 Å². The number of nitrogens with zero attached hydrogens (tertiary/aromatic N) is 3. The molecular formula is C17H32N4. The van der Waals surface area contributed by atoms with Crippen LogP contribution in [0.1, 0.15) is 38.3 Å². The molecular weight excluding hydrogens is 260 g/mol. The standard InChI is InChI=1S/C17H32N4/c1-7-9-18-11-16-10-14(3)17(19-12-16)21(8-2)15(4)13-20(5)6/h10,12,15,18H,7-9,11,13H2,1-6H3. The summed E-state index contributed by atoms with van der Waals surface area (Å²) in [7, 11) is 4.24. The predicted octanol–water partition coefficient (Wildman–Crippen LogP) is 2.67. The number of rotatable bonds is 9. The van der Waals surface area contributed by atoms with E-state index in [9.17, 15) is 0 Å². The van der Waals surface area contributed by atoms with Crippen LogP contribution in [0.5, 0.6) is 0 Å². The van der Waals surface area contributed by atoms with Gasteiger partial charge in [0.25, 0.3) is 0 Å². The lowest BCUT2D eigenvalue weighted by Gasteiger charge is -2.32. The molecule has 0 aliphatic rings. The quantitative estimate of drug-likeness (QED) is 0.709. The third-order valence-electron chi connectivity index (χ3n) is 3.64. The highest BCUT2D eigenvalue weighted by molar-refractivity contribution is 5.48. The first kappa shape index (κ1) is 17.9. The number of hydrogen-bond acceptors (Lipinski definition) is 4. The molecule has 21 heavy (non-hydrogen) atoms. The van der Waals surface area contributed by atoms with Gasteiger partial charge in [0.1, 0.15) is 5.82 Å². The maximum atomic E-state index is 4.72. The van der Waals surface area contributed by atoms with Crippen molar-refractivity contribution in [3.8, 4) is 0 Å². The Morgan fingerprint density at radius 2 is 2.00 bits per heavy atom. The number of nitrogens with one attached hydrogen (secondary N) is 1. The van der Waals surface area contributed by atoms with Crippen LogP contribution < -0.4 is 10.2 Å².